The Labute approximate surface area is 68.1 Å². The van der Waals surface area contributed by atoms with Gasteiger partial charge in [-0.25, -0.2) is 9.98 Å². The summed E-state index contributed by atoms with van der Waals surface area (Å²) in [4.78, 5) is 7.48. The summed E-state index contributed by atoms with van der Waals surface area (Å²) in [5.41, 5.74) is 5.29. The third-order valence-corrected chi connectivity index (χ3v) is 1.21. The highest BCUT2D eigenvalue weighted by atomic mass is 35.5. The van der Waals surface area contributed by atoms with E-state index >= 15 is 0 Å². The molecule has 0 radical (unpaired) electrons. The molecule has 56 valence electrons. The molecule has 0 spiro atoms. The molecule has 1 heterocycles. The van der Waals surface area contributed by atoms with Crippen molar-refractivity contribution >= 4 is 34.5 Å². The van der Waals surface area contributed by atoms with Gasteiger partial charge in [0.2, 0.25) is 10.4 Å². The average Bonchev–Trinajstić information content (AvgIpc) is 1.54. The molecule has 0 aromatic carbocycles. The van der Waals surface area contributed by atoms with Gasteiger partial charge >= 0.3 is 0 Å². The summed E-state index contributed by atoms with van der Waals surface area (Å²) in [6.45, 7) is 1.59. The molecular formula is C4H6Cl2N4. The summed E-state index contributed by atoms with van der Waals surface area (Å²) in [6.07, 6.45) is 0. The summed E-state index contributed by atoms with van der Waals surface area (Å²) < 4.78 is 0. The van der Waals surface area contributed by atoms with Gasteiger partial charge in [0, 0.05) is 0 Å². The molecular weight excluding hydrogens is 175 g/mol. The molecule has 3 N–H and O–H groups in total. The molecule has 0 amide bonds. The number of guanidine groups is 1. The Morgan fingerprint density at radius 3 is 2.60 bits per heavy atom. The second-order valence-electron chi connectivity index (χ2n) is 1.93. The number of hydrogen-bond donors (Lipinski definition) is 2. The summed E-state index contributed by atoms with van der Waals surface area (Å²) in [7, 11) is 0. The smallest absolute Gasteiger partial charge is 0.229 e. The van der Waals surface area contributed by atoms with Crippen molar-refractivity contribution in [1.82, 2.24) is 5.32 Å². The van der Waals surface area contributed by atoms with E-state index in [0.717, 1.165) is 0 Å². The zero-order valence-electron chi connectivity index (χ0n) is 5.23. The number of amidine groups is 1. The first-order valence-corrected chi connectivity index (χ1v) is 3.32. The maximum atomic E-state index is 5.68. The van der Waals surface area contributed by atoms with Crippen molar-refractivity contribution < 1.29 is 0 Å². The van der Waals surface area contributed by atoms with E-state index in [9.17, 15) is 0 Å². The number of nitrogens with two attached hydrogens (primary N) is 1. The molecule has 4 nitrogen and oxygen atoms in total. The van der Waals surface area contributed by atoms with Crippen LogP contribution >= 0.6 is 23.2 Å². The monoisotopic (exact) mass is 180 g/mol. The van der Waals surface area contributed by atoms with Crippen molar-refractivity contribution in [3.05, 3.63) is 0 Å². The van der Waals surface area contributed by atoms with Gasteiger partial charge in [0.05, 0.1) is 0 Å². The van der Waals surface area contributed by atoms with Gasteiger partial charge in [0.25, 0.3) is 0 Å². The highest BCUT2D eigenvalue weighted by Gasteiger charge is 2.22. The first-order chi connectivity index (χ1) is 4.49. The van der Waals surface area contributed by atoms with Gasteiger partial charge < -0.3 is 11.1 Å². The first-order valence-electron chi connectivity index (χ1n) is 2.56. The van der Waals surface area contributed by atoms with E-state index in [2.05, 4.69) is 15.3 Å². The van der Waals surface area contributed by atoms with Crippen LogP contribution in [0.25, 0.3) is 0 Å². The van der Waals surface area contributed by atoms with Crippen molar-refractivity contribution in [1.29, 1.82) is 0 Å². The Morgan fingerprint density at radius 2 is 2.20 bits per heavy atom. The lowest BCUT2D eigenvalue weighted by Crippen LogP contribution is -2.41. The van der Waals surface area contributed by atoms with Gasteiger partial charge in [0.1, 0.15) is 0 Å². The molecule has 0 saturated carbocycles. The van der Waals surface area contributed by atoms with Crippen LogP contribution < -0.4 is 11.1 Å². The van der Waals surface area contributed by atoms with Gasteiger partial charge in [-0.2, -0.15) is 0 Å². The van der Waals surface area contributed by atoms with E-state index in [4.69, 9.17) is 28.9 Å². The van der Waals surface area contributed by atoms with E-state index in [1.807, 2.05) is 0 Å². The summed E-state index contributed by atoms with van der Waals surface area (Å²) in [5.74, 6) is 0.178. The normalized spacial score (nSPS) is 32.3. The molecule has 1 atom stereocenters. The largest absolute Gasteiger partial charge is 0.370 e. The van der Waals surface area contributed by atoms with E-state index in [1.165, 1.54) is 0 Å². The number of rotatable bonds is 0. The lowest BCUT2D eigenvalue weighted by molar-refractivity contribution is 0.691. The molecule has 6 heteroatoms. The van der Waals surface area contributed by atoms with Crippen molar-refractivity contribution in [2.45, 2.75) is 12.0 Å². The zero-order valence-corrected chi connectivity index (χ0v) is 6.74. The first kappa shape index (κ1) is 7.63. The summed E-state index contributed by atoms with van der Waals surface area (Å²) in [6, 6.07) is 0. The van der Waals surface area contributed by atoms with E-state index in [0.29, 0.717) is 0 Å². The third-order valence-electron chi connectivity index (χ3n) is 0.858. The number of nitrogens with zero attached hydrogens (tertiary/aromatic N) is 2. The van der Waals surface area contributed by atoms with E-state index in [-0.39, 0.29) is 11.3 Å². The number of alkyl halides is 1. The highest BCUT2D eigenvalue weighted by Crippen LogP contribution is 2.19. The molecule has 1 aliphatic heterocycles. The maximum absolute atomic E-state index is 5.68. The van der Waals surface area contributed by atoms with E-state index in [1.54, 1.807) is 6.92 Å². The summed E-state index contributed by atoms with van der Waals surface area (Å²) in [5, 5.41) is 1.60. The van der Waals surface area contributed by atoms with Gasteiger partial charge in [-0.3, -0.25) is 0 Å². The van der Waals surface area contributed by atoms with Crippen LogP contribution in [0.3, 0.4) is 0 Å². The van der Waals surface area contributed by atoms with Crippen molar-refractivity contribution in [3.63, 3.8) is 0 Å². The predicted molar refractivity (Wildman–Crippen MR) is 42.3 cm³/mol. The quantitative estimate of drug-likeness (QED) is 0.420. The van der Waals surface area contributed by atoms with Gasteiger partial charge in [0.15, 0.2) is 5.96 Å². The standard InChI is InChI=1S/C4H6Cl2N4/c1-4(6)9-2(5)8-3(7)10-4/h1H3,(H3,7,8,9,10). The van der Waals surface area contributed by atoms with Crippen molar-refractivity contribution in [3.8, 4) is 0 Å². The fourth-order valence-corrected chi connectivity index (χ4v) is 1.07. The van der Waals surface area contributed by atoms with Crippen LogP contribution in [-0.4, -0.2) is 16.4 Å². The van der Waals surface area contributed by atoms with Crippen molar-refractivity contribution in [2.24, 2.45) is 15.7 Å². The number of halogens is 2. The van der Waals surface area contributed by atoms with Crippen LogP contribution in [-0.2, 0) is 0 Å². The van der Waals surface area contributed by atoms with E-state index < -0.39 is 5.12 Å². The number of nitrogens with one attached hydrogen (secondary N) is 1. The molecule has 10 heavy (non-hydrogen) atoms. The van der Waals surface area contributed by atoms with Crippen LogP contribution in [0.1, 0.15) is 6.92 Å². The Kier molecular flexibility index (Phi) is 1.74. The molecule has 0 aromatic rings. The number of hydrogen-bond acceptors (Lipinski definition) is 4. The molecule has 0 aliphatic carbocycles. The Morgan fingerprint density at radius 1 is 1.60 bits per heavy atom. The van der Waals surface area contributed by atoms with Crippen LogP contribution in [0, 0.1) is 0 Å². The molecule has 0 fully saturated rings. The zero-order chi connectivity index (χ0) is 7.78. The second-order valence-corrected chi connectivity index (χ2v) is 3.00. The Hall–Kier alpha value is -0.480. The van der Waals surface area contributed by atoms with Crippen LogP contribution in [0.15, 0.2) is 9.98 Å². The van der Waals surface area contributed by atoms with Crippen LogP contribution in [0.2, 0.25) is 0 Å². The predicted octanol–water partition coefficient (Wildman–Crippen LogP) is 0.412. The third kappa shape index (κ3) is 1.75. The fraction of sp³-hybridized carbons (Fsp3) is 0.500. The summed E-state index contributed by atoms with van der Waals surface area (Å²) >= 11 is 11.2. The second kappa shape index (κ2) is 2.29. The van der Waals surface area contributed by atoms with Crippen molar-refractivity contribution in [2.75, 3.05) is 0 Å². The molecule has 1 unspecified atom stereocenters. The average molecular weight is 181 g/mol. The minimum absolute atomic E-state index is 0.157. The van der Waals surface area contributed by atoms with Crippen LogP contribution in [0.5, 0.6) is 0 Å². The van der Waals surface area contributed by atoms with Crippen LogP contribution in [0.4, 0.5) is 0 Å². The van der Waals surface area contributed by atoms with Gasteiger partial charge in [-0.1, -0.05) is 11.6 Å². The van der Waals surface area contributed by atoms with Gasteiger partial charge in [-0.15, -0.1) is 0 Å². The Balaban J connectivity index is 2.88. The minimum Gasteiger partial charge on any atom is -0.370 e. The molecule has 0 saturated heterocycles. The maximum Gasteiger partial charge on any atom is 0.229 e. The number of aliphatic imine (C=N–C) groups is 2. The highest BCUT2D eigenvalue weighted by molar-refractivity contribution is 6.66. The topological polar surface area (TPSA) is 62.8 Å². The lowest BCUT2D eigenvalue weighted by atomic mass is 10.6. The lowest BCUT2D eigenvalue weighted by Gasteiger charge is -2.18. The SMILES string of the molecule is CC1(Cl)N=C(N)NC(Cl)=N1. The molecule has 0 aromatic heterocycles. The minimum atomic E-state index is -1.05. The Bertz CT molecular complexity index is 187. The molecule has 0 bridgehead atoms. The molecule has 1 rings (SSSR count). The fourth-order valence-electron chi connectivity index (χ4n) is 0.586. The van der Waals surface area contributed by atoms with Gasteiger partial charge in [-0.05, 0) is 18.5 Å². The molecule has 1 aliphatic rings.